The lowest BCUT2D eigenvalue weighted by Gasteiger charge is -2.07. The topological polar surface area (TPSA) is 59.9 Å². The Balaban J connectivity index is 0.00000274. The van der Waals surface area contributed by atoms with Crippen molar-refractivity contribution >= 4 is 33.9 Å². The molecule has 0 amide bonds. The van der Waals surface area contributed by atoms with Gasteiger partial charge < -0.3 is 0 Å². The molecule has 34 heavy (non-hydrogen) atoms. The molecule has 1 aliphatic carbocycles. The van der Waals surface area contributed by atoms with Crippen molar-refractivity contribution in [1.82, 2.24) is 9.97 Å². The van der Waals surface area contributed by atoms with Crippen LogP contribution in [0.1, 0.15) is 53.2 Å². The van der Waals surface area contributed by atoms with E-state index in [0.29, 0.717) is 29.8 Å². The second kappa shape index (κ2) is 10.3. The fourth-order valence-corrected chi connectivity index (χ4v) is 4.63. The quantitative estimate of drug-likeness (QED) is 0.270. The minimum absolute atomic E-state index is 0. The largest absolute Gasteiger partial charge is 0.299 e. The van der Waals surface area contributed by atoms with Gasteiger partial charge in [0.1, 0.15) is 5.78 Å². The van der Waals surface area contributed by atoms with Gasteiger partial charge in [-0.2, -0.15) is 0 Å². The Bertz CT molecular complexity index is 1320. The number of Topliss-reactive ketones (excluding diaryl/α,β-unsaturated/α-hetero) is 2. The van der Waals surface area contributed by atoms with Crippen LogP contribution in [0.3, 0.4) is 0 Å². The standard InChI is InChI=1S/C28H23ClN2O2.CH4/c29-26-13-23-17-31-11-9-21(23)12-22(26)14-28(33)25-15-24(25)19-4-6-20(7-5-19)27(32)8-3-18-2-1-10-30-16-18;/h1-2,4-7,9-13,16-17,24-25H,3,8,14-15H2;1H4/t24-,25+;/m0./s1. The summed E-state index contributed by atoms with van der Waals surface area (Å²) >= 11 is 6.42. The molecule has 4 aromatic rings. The number of pyridine rings is 2. The summed E-state index contributed by atoms with van der Waals surface area (Å²) < 4.78 is 0. The van der Waals surface area contributed by atoms with Crippen molar-refractivity contribution in [2.75, 3.05) is 0 Å². The number of carbonyl (C=O) groups excluding carboxylic acids is 2. The fraction of sp³-hybridized carbons (Fsp3) is 0.241. The number of hydrogen-bond donors (Lipinski definition) is 0. The zero-order valence-corrected chi connectivity index (χ0v) is 18.8. The van der Waals surface area contributed by atoms with Gasteiger partial charge in [-0.15, -0.1) is 0 Å². The maximum absolute atomic E-state index is 12.9. The Morgan fingerprint density at radius 2 is 1.74 bits per heavy atom. The molecule has 0 unspecified atom stereocenters. The summed E-state index contributed by atoms with van der Waals surface area (Å²) in [6.07, 6.45) is 9.37. The van der Waals surface area contributed by atoms with Crippen molar-refractivity contribution in [3.8, 4) is 0 Å². The van der Waals surface area contributed by atoms with Crippen molar-refractivity contribution < 1.29 is 9.59 Å². The summed E-state index contributed by atoms with van der Waals surface area (Å²) in [5, 5.41) is 2.61. The highest BCUT2D eigenvalue weighted by Crippen LogP contribution is 2.48. The molecule has 1 fully saturated rings. The first-order valence-corrected chi connectivity index (χ1v) is 11.5. The van der Waals surface area contributed by atoms with E-state index in [9.17, 15) is 9.59 Å². The Morgan fingerprint density at radius 3 is 2.50 bits per heavy atom. The monoisotopic (exact) mass is 470 g/mol. The molecule has 0 aliphatic heterocycles. The molecule has 0 spiro atoms. The molecule has 5 heteroatoms. The minimum atomic E-state index is 0. The number of hydrogen-bond acceptors (Lipinski definition) is 4. The van der Waals surface area contributed by atoms with Gasteiger partial charge in [0, 0.05) is 59.5 Å². The molecular formula is C29H27ClN2O2. The highest BCUT2D eigenvalue weighted by atomic mass is 35.5. The number of aromatic nitrogens is 2. The number of benzene rings is 2. The van der Waals surface area contributed by atoms with E-state index in [4.69, 9.17) is 11.6 Å². The summed E-state index contributed by atoms with van der Waals surface area (Å²) in [6, 6.07) is 17.4. The van der Waals surface area contributed by atoms with Crippen molar-refractivity contribution in [2.24, 2.45) is 5.92 Å². The normalized spacial score (nSPS) is 16.6. The van der Waals surface area contributed by atoms with Gasteiger partial charge in [-0.05, 0) is 65.1 Å². The lowest BCUT2D eigenvalue weighted by molar-refractivity contribution is -0.119. The zero-order valence-electron chi connectivity index (χ0n) is 18.1. The average molecular weight is 471 g/mol. The molecule has 5 rings (SSSR count). The van der Waals surface area contributed by atoms with Crippen molar-refractivity contribution in [1.29, 1.82) is 0 Å². The van der Waals surface area contributed by atoms with Crippen LogP contribution < -0.4 is 0 Å². The number of aryl methyl sites for hydroxylation is 1. The first kappa shape index (κ1) is 23.8. The third-order valence-corrected chi connectivity index (χ3v) is 6.75. The average Bonchev–Trinajstić information content (AvgIpc) is 3.65. The minimum Gasteiger partial charge on any atom is -0.299 e. The van der Waals surface area contributed by atoms with Gasteiger partial charge in [0.15, 0.2) is 5.78 Å². The predicted octanol–water partition coefficient (Wildman–Crippen LogP) is 6.65. The predicted molar refractivity (Wildman–Crippen MR) is 136 cm³/mol. The number of nitrogens with zero attached hydrogens (tertiary/aromatic N) is 2. The van der Waals surface area contributed by atoms with E-state index in [-0.39, 0.29) is 30.8 Å². The third kappa shape index (κ3) is 5.23. The van der Waals surface area contributed by atoms with Gasteiger partial charge in [-0.25, -0.2) is 0 Å². The maximum Gasteiger partial charge on any atom is 0.163 e. The second-order valence-corrected chi connectivity index (χ2v) is 9.07. The van der Waals surface area contributed by atoms with E-state index in [1.807, 2.05) is 54.6 Å². The molecule has 1 aliphatic rings. The fourth-order valence-electron chi connectivity index (χ4n) is 4.39. The highest BCUT2D eigenvalue weighted by Gasteiger charge is 2.43. The molecule has 0 saturated heterocycles. The molecule has 2 aromatic carbocycles. The van der Waals surface area contributed by atoms with Crippen LogP contribution >= 0.6 is 11.6 Å². The molecule has 1 saturated carbocycles. The molecule has 2 heterocycles. The lowest BCUT2D eigenvalue weighted by Crippen LogP contribution is -2.07. The number of halogens is 1. The molecule has 0 radical (unpaired) electrons. The smallest absolute Gasteiger partial charge is 0.163 e. The lowest BCUT2D eigenvalue weighted by atomic mass is 9.98. The van der Waals surface area contributed by atoms with Crippen molar-refractivity contribution in [2.45, 2.75) is 39.0 Å². The molecular weight excluding hydrogens is 444 g/mol. The third-order valence-electron chi connectivity index (χ3n) is 6.40. The Kier molecular flexibility index (Phi) is 7.18. The maximum atomic E-state index is 12.9. The van der Waals surface area contributed by atoms with E-state index in [2.05, 4.69) is 9.97 Å². The van der Waals surface area contributed by atoms with Gasteiger partial charge in [-0.3, -0.25) is 19.6 Å². The Morgan fingerprint density at radius 1 is 0.941 bits per heavy atom. The number of ketones is 2. The van der Waals surface area contributed by atoms with Gasteiger partial charge in [0.25, 0.3) is 0 Å². The second-order valence-electron chi connectivity index (χ2n) is 8.66. The van der Waals surface area contributed by atoms with Crippen LogP contribution in [-0.2, 0) is 17.6 Å². The van der Waals surface area contributed by atoms with Crippen molar-refractivity contribution in [3.05, 3.63) is 107 Å². The van der Waals surface area contributed by atoms with E-state index in [1.54, 1.807) is 24.8 Å². The molecule has 172 valence electrons. The van der Waals surface area contributed by atoms with Gasteiger partial charge in [-0.1, -0.05) is 49.4 Å². The molecule has 2 atom stereocenters. The van der Waals surface area contributed by atoms with Crippen LogP contribution in [0.15, 0.2) is 79.4 Å². The summed E-state index contributed by atoms with van der Waals surface area (Å²) in [5.74, 6) is 0.573. The number of fused-ring (bicyclic) bond motifs is 1. The summed E-state index contributed by atoms with van der Waals surface area (Å²) in [4.78, 5) is 33.6. The van der Waals surface area contributed by atoms with Crippen LogP contribution in [0, 0.1) is 5.92 Å². The molecule has 4 nitrogen and oxygen atoms in total. The number of carbonyl (C=O) groups is 2. The molecule has 2 aromatic heterocycles. The van der Waals surface area contributed by atoms with E-state index in [0.717, 1.165) is 33.9 Å². The van der Waals surface area contributed by atoms with E-state index >= 15 is 0 Å². The summed E-state index contributed by atoms with van der Waals surface area (Å²) in [6.45, 7) is 0. The van der Waals surface area contributed by atoms with Crippen LogP contribution in [0.5, 0.6) is 0 Å². The Labute approximate surface area is 205 Å². The molecule has 0 N–H and O–H groups in total. The summed E-state index contributed by atoms with van der Waals surface area (Å²) in [5.41, 5.74) is 3.75. The van der Waals surface area contributed by atoms with Gasteiger partial charge in [0.05, 0.1) is 0 Å². The van der Waals surface area contributed by atoms with Gasteiger partial charge in [0.2, 0.25) is 0 Å². The first-order chi connectivity index (χ1) is 16.1. The van der Waals surface area contributed by atoms with Crippen LogP contribution in [-0.4, -0.2) is 21.5 Å². The van der Waals surface area contributed by atoms with E-state index in [1.165, 1.54) is 0 Å². The Hall–Kier alpha value is -3.37. The first-order valence-electron chi connectivity index (χ1n) is 11.2. The number of rotatable bonds is 8. The van der Waals surface area contributed by atoms with Gasteiger partial charge >= 0.3 is 0 Å². The van der Waals surface area contributed by atoms with E-state index < -0.39 is 0 Å². The van der Waals surface area contributed by atoms with Crippen molar-refractivity contribution in [3.63, 3.8) is 0 Å². The zero-order chi connectivity index (χ0) is 22.8. The van der Waals surface area contributed by atoms with Crippen LogP contribution in [0.2, 0.25) is 5.02 Å². The highest BCUT2D eigenvalue weighted by molar-refractivity contribution is 6.32. The van der Waals surface area contributed by atoms with Crippen LogP contribution in [0.25, 0.3) is 10.8 Å². The van der Waals surface area contributed by atoms with Crippen LogP contribution in [0.4, 0.5) is 0 Å². The SMILES string of the molecule is C.O=C(CCc1cccnc1)c1ccc([C@@H]2C[C@H]2C(=O)Cc2cc3ccncc3cc2Cl)cc1. The summed E-state index contributed by atoms with van der Waals surface area (Å²) in [7, 11) is 0. The molecule has 0 bridgehead atoms.